The monoisotopic (exact) mass is 325 g/mol. The highest BCUT2D eigenvalue weighted by atomic mass is 16.2. The number of carbonyl (C=O) groups excluding carboxylic acids is 3. The number of amides is 3. The zero-order valence-corrected chi connectivity index (χ0v) is 14.7. The van der Waals surface area contributed by atoms with Crippen LogP contribution in [-0.2, 0) is 14.4 Å². The van der Waals surface area contributed by atoms with Gasteiger partial charge in [0.05, 0.1) is 12.3 Å². The number of hydrogen-bond donors (Lipinski definition) is 3. The summed E-state index contributed by atoms with van der Waals surface area (Å²) in [7, 11) is 3.26. The number of nitrogens with zero attached hydrogens (tertiary/aromatic N) is 2. The van der Waals surface area contributed by atoms with Gasteiger partial charge in [-0.05, 0) is 34.2 Å². The lowest BCUT2D eigenvalue weighted by Gasteiger charge is -2.35. The molecule has 23 heavy (non-hydrogen) atoms. The molecule has 0 saturated heterocycles. The summed E-state index contributed by atoms with van der Waals surface area (Å²) in [5, 5.41) is 9.56. The van der Waals surface area contributed by atoms with Crippen molar-refractivity contribution in [2.45, 2.75) is 39.7 Å². The number of hydrogen-bond acceptors (Lipinski definition) is 5. The molecule has 0 aromatic heterocycles. The number of likely N-dealkylation sites (N-methyl/N-ethyl adjacent to an activating group) is 2. The number of rotatable bonds is 7. The van der Waals surface area contributed by atoms with Gasteiger partial charge in [-0.3, -0.25) is 14.4 Å². The fourth-order valence-corrected chi connectivity index (χ4v) is 2.35. The molecule has 1 aliphatic heterocycles. The van der Waals surface area contributed by atoms with E-state index in [1.165, 1.54) is 4.90 Å². The molecule has 3 amide bonds. The first-order valence-corrected chi connectivity index (χ1v) is 7.68. The fraction of sp³-hybridized carbons (Fsp3) is 0.733. The van der Waals surface area contributed by atoms with Crippen molar-refractivity contribution in [1.29, 1.82) is 0 Å². The van der Waals surface area contributed by atoms with Crippen molar-refractivity contribution in [2.24, 2.45) is 10.5 Å². The van der Waals surface area contributed by atoms with Crippen LogP contribution >= 0.6 is 0 Å². The Morgan fingerprint density at radius 1 is 1.39 bits per heavy atom. The molecule has 0 fully saturated rings. The van der Waals surface area contributed by atoms with E-state index in [0.717, 1.165) is 0 Å². The Kier molecular flexibility index (Phi) is 5.87. The largest absolute Gasteiger partial charge is 0.353 e. The lowest BCUT2D eigenvalue weighted by atomic mass is 9.83. The smallest absolute Gasteiger partial charge is 0.253 e. The molecule has 1 unspecified atom stereocenters. The summed E-state index contributed by atoms with van der Waals surface area (Å²) in [6.07, 6.45) is 0.620. The molecule has 130 valence electrons. The third-order valence-corrected chi connectivity index (χ3v) is 4.46. The Balaban J connectivity index is 2.77. The molecule has 0 radical (unpaired) electrons. The van der Waals surface area contributed by atoms with Gasteiger partial charge in [-0.15, -0.1) is 0 Å². The molecular weight excluding hydrogens is 298 g/mol. The third-order valence-electron chi connectivity index (χ3n) is 4.46. The van der Waals surface area contributed by atoms with Crippen LogP contribution in [0.1, 0.15) is 34.1 Å². The minimum absolute atomic E-state index is 0.141. The number of hydrazone groups is 1. The van der Waals surface area contributed by atoms with Crippen LogP contribution in [0.2, 0.25) is 0 Å². The molecule has 8 nitrogen and oxygen atoms in total. The van der Waals surface area contributed by atoms with Crippen LogP contribution in [0.4, 0.5) is 0 Å². The molecule has 0 saturated carbocycles. The Morgan fingerprint density at radius 3 is 2.52 bits per heavy atom. The fourth-order valence-electron chi connectivity index (χ4n) is 2.35. The second-order valence-electron chi connectivity index (χ2n) is 6.41. The van der Waals surface area contributed by atoms with Crippen molar-refractivity contribution >= 4 is 23.4 Å². The van der Waals surface area contributed by atoms with Crippen LogP contribution in [0, 0.1) is 5.41 Å². The molecule has 3 N–H and O–H groups in total. The maximum absolute atomic E-state index is 12.5. The van der Waals surface area contributed by atoms with E-state index in [1.54, 1.807) is 34.9 Å². The van der Waals surface area contributed by atoms with E-state index in [0.29, 0.717) is 12.1 Å². The molecular formula is C15H27N5O3. The summed E-state index contributed by atoms with van der Waals surface area (Å²) in [6.45, 7) is 7.29. The van der Waals surface area contributed by atoms with Crippen molar-refractivity contribution in [2.75, 3.05) is 27.2 Å². The maximum atomic E-state index is 12.5. The van der Waals surface area contributed by atoms with Gasteiger partial charge in [0.1, 0.15) is 11.0 Å². The third kappa shape index (κ3) is 3.69. The predicted molar refractivity (Wildman–Crippen MR) is 87.8 cm³/mol. The van der Waals surface area contributed by atoms with E-state index in [-0.39, 0.29) is 30.8 Å². The van der Waals surface area contributed by atoms with Gasteiger partial charge in [0.15, 0.2) is 0 Å². The average Bonchev–Trinajstić information content (AvgIpc) is 2.79. The first-order valence-electron chi connectivity index (χ1n) is 7.68. The summed E-state index contributed by atoms with van der Waals surface area (Å²) < 4.78 is 0. The molecule has 1 atom stereocenters. The first-order chi connectivity index (χ1) is 10.6. The summed E-state index contributed by atoms with van der Waals surface area (Å²) >= 11 is 0. The minimum Gasteiger partial charge on any atom is -0.353 e. The van der Waals surface area contributed by atoms with E-state index in [2.05, 4.69) is 21.2 Å². The molecule has 1 rings (SSSR count). The molecule has 1 heterocycles. The quantitative estimate of drug-likeness (QED) is 0.585. The van der Waals surface area contributed by atoms with Gasteiger partial charge >= 0.3 is 0 Å². The zero-order chi connectivity index (χ0) is 17.8. The van der Waals surface area contributed by atoms with Gasteiger partial charge in [-0.25, -0.2) is 5.43 Å². The highest BCUT2D eigenvalue weighted by Gasteiger charge is 2.44. The summed E-state index contributed by atoms with van der Waals surface area (Å²) in [6, 6.07) is 0. The second-order valence-corrected chi connectivity index (χ2v) is 6.41. The molecule has 0 spiro atoms. The lowest BCUT2D eigenvalue weighted by Crippen LogP contribution is -2.58. The van der Waals surface area contributed by atoms with Crippen LogP contribution in [0.25, 0.3) is 0 Å². The molecule has 1 aliphatic rings. The SMILES string of the molecule is CCC1=NNC(=O)C1(C)CNC(=O)C(C)(C)N(C)C(=O)CNC. The van der Waals surface area contributed by atoms with Crippen LogP contribution in [0.3, 0.4) is 0 Å². The lowest BCUT2D eigenvalue weighted by molar-refractivity contribution is -0.143. The standard InChI is InChI=1S/C15H27N5O3/c1-7-10-15(4,13(23)19-18-10)9-17-12(22)14(2,3)20(6)11(21)8-16-5/h16H,7-9H2,1-6H3,(H,17,22)(H,19,23). The first kappa shape index (κ1) is 19.1. The Hall–Kier alpha value is -1.96. The van der Waals surface area contributed by atoms with E-state index in [1.807, 2.05) is 6.92 Å². The van der Waals surface area contributed by atoms with Crippen LogP contribution in [0.15, 0.2) is 5.10 Å². The highest BCUT2D eigenvalue weighted by Crippen LogP contribution is 2.25. The van der Waals surface area contributed by atoms with Gasteiger partial charge in [0.25, 0.3) is 5.91 Å². The Morgan fingerprint density at radius 2 is 2.00 bits per heavy atom. The zero-order valence-electron chi connectivity index (χ0n) is 14.7. The maximum Gasteiger partial charge on any atom is 0.253 e. The topological polar surface area (TPSA) is 103 Å². The van der Waals surface area contributed by atoms with Gasteiger partial charge < -0.3 is 15.5 Å². The van der Waals surface area contributed by atoms with E-state index < -0.39 is 11.0 Å². The van der Waals surface area contributed by atoms with Gasteiger partial charge in [0.2, 0.25) is 11.8 Å². The molecule has 0 aliphatic carbocycles. The van der Waals surface area contributed by atoms with E-state index >= 15 is 0 Å². The Bertz CT molecular complexity index is 529. The second kappa shape index (κ2) is 7.08. The van der Waals surface area contributed by atoms with Crippen LogP contribution in [0.5, 0.6) is 0 Å². The number of nitrogens with one attached hydrogen (secondary N) is 3. The van der Waals surface area contributed by atoms with Crippen molar-refractivity contribution in [3.8, 4) is 0 Å². The van der Waals surface area contributed by atoms with E-state index in [9.17, 15) is 14.4 Å². The van der Waals surface area contributed by atoms with Gasteiger partial charge in [-0.1, -0.05) is 6.92 Å². The van der Waals surface area contributed by atoms with Gasteiger partial charge in [0, 0.05) is 13.6 Å². The van der Waals surface area contributed by atoms with Crippen molar-refractivity contribution in [1.82, 2.24) is 21.0 Å². The molecule has 0 aromatic rings. The number of carbonyl (C=O) groups is 3. The average molecular weight is 325 g/mol. The van der Waals surface area contributed by atoms with Crippen molar-refractivity contribution in [3.05, 3.63) is 0 Å². The van der Waals surface area contributed by atoms with Crippen molar-refractivity contribution < 1.29 is 14.4 Å². The molecule has 8 heteroatoms. The summed E-state index contributed by atoms with van der Waals surface area (Å²) in [5.41, 5.74) is 1.29. The molecule has 0 bridgehead atoms. The minimum atomic E-state index is -1.02. The normalized spacial score (nSPS) is 20.8. The summed E-state index contributed by atoms with van der Waals surface area (Å²) in [5.74, 6) is -0.735. The van der Waals surface area contributed by atoms with Gasteiger partial charge in [-0.2, -0.15) is 5.10 Å². The Labute approximate surface area is 137 Å². The molecule has 0 aromatic carbocycles. The van der Waals surface area contributed by atoms with Crippen molar-refractivity contribution in [3.63, 3.8) is 0 Å². The summed E-state index contributed by atoms with van der Waals surface area (Å²) in [4.78, 5) is 37.9. The predicted octanol–water partition coefficient (Wildman–Crippen LogP) is -0.539. The van der Waals surface area contributed by atoms with E-state index in [4.69, 9.17) is 0 Å². The van der Waals surface area contributed by atoms with Crippen LogP contribution in [-0.4, -0.2) is 61.1 Å². The van der Waals surface area contributed by atoms with Crippen LogP contribution < -0.4 is 16.1 Å². The highest BCUT2D eigenvalue weighted by molar-refractivity contribution is 6.12.